The van der Waals surface area contributed by atoms with Crippen LogP contribution >= 0.6 is 0 Å². The van der Waals surface area contributed by atoms with Crippen molar-refractivity contribution in [3.8, 4) is 17.7 Å². The number of fused-ring (bicyclic) bond motifs is 1. The molecule has 1 aromatic carbocycles. The maximum Gasteiger partial charge on any atom is 0.259 e. The van der Waals surface area contributed by atoms with Gasteiger partial charge < -0.3 is 19.6 Å². The number of carbonyl (C=O) groups is 2. The third kappa shape index (κ3) is 6.51. The third-order valence-corrected chi connectivity index (χ3v) is 7.48. The van der Waals surface area contributed by atoms with Crippen molar-refractivity contribution in [2.75, 3.05) is 26.7 Å². The molecule has 1 fully saturated rings. The van der Waals surface area contributed by atoms with Gasteiger partial charge >= 0.3 is 0 Å². The molecule has 0 radical (unpaired) electrons. The third-order valence-electron chi connectivity index (χ3n) is 7.48. The lowest BCUT2D eigenvalue weighted by Gasteiger charge is -2.38. The van der Waals surface area contributed by atoms with E-state index >= 15 is 0 Å². The molecule has 0 bridgehead atoms. The Balaban J connectivity index is 1.62. The molecule has 2 heterocycles. The topological polar surface area (TPSA) is 83.0 Å². The van der Waals surface area contributed by atoms with Crippen LogP contribution in [0.5, 0.6) is 5.88 Å². The van der Waals surface area contributed by atoms with E-state index in [1.807, 2.05) is 14.0 Å². The minimum absolute atomic E-state index is 0.0507. The van der Waals surface area contributed by atoms with Crippen LogP contribution in [0, 0.1) is 29.5 Å². The first-order valence-electron chi connectivity index (χ1n) is 13.4. The maximum atomic E-state index is 13.6. The van der Waals surface area contributed by atoms with Gasteiger partial charge in [0, 0.05) is 42.8 Å². The summed E-state index contributed by atoms with van der Waals surface area (Å²) in [7, 11) is 1.81. The molecule has 2 aliphatic rings. The summed E-state index contributed by atoms with van der Waals surface area (Å²) in [5.41, 5.74) is 1.24. The summed E-state index contributed by atoms with van der Waals surface area (Å²) in [6, 6.07) is 7.18. The summed E-state index contributed by atoms with van der Waals surface area (Å²) < 4.78 is 19.8. The minimum Gasteiger partial charge on any atom is -0.472 e. The second kappa shape index (κ2) is 12.4. The summed E-state index contributed by atoms with van der Waals surface area (Å²) in [6.45, 7) is 4.31. The highest BCUT2D eigenvalue weighted by Gasteiger charge is 2.35. The molecular formula is C30H36FN3O4. The molecule has 1 N–H and O–H groups in total. The number of amides is 2. The Kier molecular flexibility index (Phi) is 9.01. The van der Waals surface area contributed by atoms with Crippen molar-refractivity contribution >= 4 is 11.8 Å². The van der Waals surface area contributed by atoms with Gasteiger partial charge in [-0.3, -0.25) is 9.59 Å². The molecule has 0 spiro atoms. The van der Waals surface area contributed by atoms with Crippen LogP contribution in [-0.4, -0.2) is 70.6 Å². The number of hydrogen-bond acceptors (Lipinski definition) is 5. The van der Waals surface area contributed by atoms with Crippen LogP contribution in [0.1, 0.15) is 67.4 Å². The largest absolute Gasteiger partial charge is 0.472 e. The quantitative estimate of drug-likeness (QED) is 0.604. The van der Waals surface area contributed by atoms with Crippen LogP contribution in [-0.2, 0) is 4.79 Å². The van der Waals surface area contributed by atoms with Crippen molar-refractivity contribution in [1.29, 1.82) is 0 Å². The Morgan fingerprint density at radius 2 is 1.97 bits per heavy atom. The first-order valence-corrected chi connectivity index (χ1v) is 13.4. The van der Waals surface area contributed by atoms with Crippen molar-refractivity contribution < 1.29 is 23.8 Å². The van der Waals surface area contributed by atoms with Crippen molar-refractivity contribution in [3.63, 3.8) is 0 Å². The first kappa shape index (κ1) is 27.6. The van der Waals surface area contributed by atoms with E-state index in [0.29, 0.717) is 24.2 Å². The van der Waals surface area contributed by atoms with Gasteiger partial charge in [0.05, 0.1) is 19.2 Å². The smallest absolute Gasteiger partial charge is 0.259 e. The van der Waals surface area contributed by atoms with Crippen LogP contribution in [0.3, 0.4) is 0 Å². The summed E-state index contributed by atoms with van der Waals surface area (Å²) in [5.74, 6) is 5.42. The number of halogens is 1. The second-order valence-corrected chi connectivity index (χ2v) is 10.5. The molecular weight excluding hydrogens is 485 g/mol. The second-order valence-electron chi connectivity index (χ2n) is 10.5. The zero-order valence-electron chi connectivity index (χ0n) is 22.3. The highest BCUT2D eigenvalue weighted by Crippen LogP contribution is 2.29. The van der Waals surface area contributed by atoms with Crippen molar-refractivity contribution in [2.24, 2.45) is 11.8 Å². The normalized spacial score (nSPS) is 20.8. The fourth-order valence-corrected chi connectivity index (χ4v) is 5.12. The number of pyridine rings is 1. The molecule has 0 unspecified atom stereocenters. The number of benzene rings is 1. The molecule has 1 aliphatic heterocycles. The lowest BCUT2D eigenvalue weighted by atomic mass is 9.88. The zero-order valence-corrected chi connectivity index (χ0v) is 22.3. The highest BCUT2D eigenvalue weighted by atomic mass is 19.1. The molecule has 38 heavy (non-hydrogen) atoms. The Hall–Kier alpha value is -3.44. The van der Waals surface area contributed by atoms with Gasteiger partial charge in [-0.05, 0) is 44.0 Å². The van der Waals surface area contributed by atoms with Crippen LogP contribution < -0.4 is 4.74 Å². The molecule has 7 nitrogen and oxygen atoms in total. The molecule has 0 saturated heterocycles. The zero-order chi connectivity index (χ0) is 27.2. The van der Waals surface area contributed by atoms with Gasteiger partial charge in [0.15, 0.2) is 0 Å². The van der Waals surface area contributed by atoms with Crippen molar-refractivity contribution in [3.05, 3.63) is 59.0 Å². The van der Waals surface area contributed by atoms with Crippen LogP contribution in [0.2, 0.25) is 0 Å². The van der Waals surface area contributed by atoms with E-state index < -0.39 is 12.1 Å². The number of rotatable bonds is 5. The predicted molar refractivity (Wildman–Crippen MR) is 142 cm³/mol. The van der Waals surface area contributed by atoms with E-state index in [2.05, 4.69) is 16.8 Å². The number of hydrogen-bond donors (Lipinski definition) is 1. The fraction of sp³-hybridized carbons (Fsp3) is 0.500. The number of carbonyl (C=O) groups excluding carboxylic acids is 2. The van der Waals surface area contributed by atoms with Crippen molar-refractivity contribution in [2.45, 2.75) is 58.1 Å². The number of aromatic nitrogens is 1. The van der Waals surface area contributed by atoms with E-state index in [-0.39, 0.29) is 47.5 Å². The SMILES string of the molecule is C[C@H](CO)N1C[C@H](C)[C@H](CN(C)C(=O)C2CCCCC2)Oc2ncc(C#Cc3cccc(F)c3)cc2C1=O. The van der Waals surface area contributed by atoms with E-state index in [1.165, 1.54) is 24.8 Å². The van der Waals surface area contributed by atoms with E-state index in [9.17, 15) is 19.1 Å². The summed E-state index contributed by atoms with van der Waals surface area (Å²) in [6.07, 6.45) is 6.31. The Morgan fingerprint density at radius 3 is 2.68 bits per heavy atom. The summed E-state index contributed by atoms with van der Waals surface area (Å²) in [4.78, 5) is 34.5. The molecule has 8 heteroatoms. The Labute approximate surface area is 224 Å². The predicted octanol–water partition coefficient (Wildman–Crippen LogP) is 3.88. The molecule has 202 valence electrons. The minimum atomic E-state index is -0.416. The van der Waals surface area contributed by atoms with Gasteiger partial charge in [-0.15, -0.1) is 0 Å². The van der Waals surface area contributed by atoms with E-state index in [1.54, 1.807) is 34.9 Å². The monoisotopic (exact) mass is 521 g/mol. The van der Waals surface area contributed by atoms with Gasteiger partial charge in [-0.1, -0.05) is 44.1 Å². The highest BCUT2D eigenvalue weighted by molar-refractivity contribution is 5.97. The number of aliphatic hydroxyl groups is 1. The molecule has 3 atom stereocenters. The fourth-order valence-electron chi connectivity index (χ4n) is 5.12. The maximum absolute atomic E-state index is 13.6. The standard InChI is InChI=1S/C30H36FN3O4/c1-20-17-34(21(2)19-35)30(37)26-15-23(13-12-22-8-7-11-25(31)14-22)16-32-28(26)38-27(20)18-33(3)29(36)24-9-5-4-6-10-24/h7-8,11,14-16,20-21,24,27,35H,4-6,9-10,17-19H2,1-3H3/t20-,21+,27-/m0/s1. The molecule has 1 aromatic heterocycles. The molecule has 2 aromatic rings. The lowest BCUT2D eigenvalue weighted by molar-refractivity contribution is -0.136. The number of likely N-dealkylation sites (N-methyl/N-ethyl adjacent to an activating group) is 1. The average Bonchev–Trinajstić information content (AvgIpc) is 2.93. The van der Waals surface area contributed by atoms with Gasteiger partial charge in [-0.2, -0.15) is 0 Å². The van der Waals surface area contributed by atoms with Crippen LogP contribution in [0.25, 0.3) is 0 Å². The average molecular weight is 522 g/mol. The van der Waals surface area contributed by atoms with Gasteiger partial charge in [-0.25, -0.2) is 9.37 Å². The number of aliphatic hydroxyl groups excluding tert-OH is 1. The van der Waals surface area contributed by atoms with E-state index in [0.717, 1.165) is 25.7 Å². The van der Waals surface area contributed by atoms with Crippen LogP contribution in [0.15, 0.2) is 36.5 Å². The number of ether oxygens (including phenoxy) is 1. The Morgan fingerprint density at radius 1 is 1.24 bits per heavy atom. The summed E-state index contributed by atoms with van der Waals surface area (Å²) in [5, 5.41) is 9.87. The Bertz CT molecular complexity index is 1220. The number of nitrogens with zero attached hydrogens (tertiary/aromatic N) is 3. The van der Waals surface area contributed by atoms with Crippen molar-refractivity contribution in [1.82, 2.24) is 14.8 Å². The van der Waals surface area contributed by atoms with Crippen LogP contribution in [0.4, 0.5) is 4.39 Å². The van der Waals surface area contributed by atoms with Gasteiger partial charge in [0.1, 0.15) is 17.5 Å². The van der Waals surface area contributed by atoms with Gasteiger partial charge in [0.2, 0.25) is 11.8 Å². The van der Waals surface area contributed by atoms with Gasteiger partial charge in [0.25, 0.3) is 5.91 Å². The lowest BCUT2D eigenvalue weighted by Crippen LogP contribution is -2.51. The first-order chi connectivity index (χ1) is 18.3. The molecule has 2 amide bonds. The molecule has 1 saturated carbocycles. The van der Waals surface area contributed by atoms with E-state index in [4.69, 9.17) is 4.74 Å². The summed E-state index contributed by atoms with van der Waals surface area (Å²) >= 11 is 0. The molecule has 4 rings (SSSR count). The molecule has 1 aliphatic carbocycles.